The fraction of sp³-hybridized carbons (Fsp3) is 0.500. The third-order valence-electron chi connectivity index (χ3n) is 2.11. The fourth-order valence-corrected chi connectivity index (χ4v) is 2.82. The molecule has 0 fully saturated rings. The van der Waals surface area contributed by atoms with Gasteiger partial charge in [-0.2, -0.15) is 0 Å². The summed E-state index contributed by atoms with van der Waals surface area (Å²) >= 11 is 1.60. The topological polar surface area (TPSA) is 40.5 Å². The second-order valence-electron chi connectivity index (χ2n) is 4.18. The van der Waals surface area contributed by atoms with Crippen LogP contribution in [0.3, 0.4) is 0 Å². The Labute approximate surface area is 95.3 Å². The summed E-state index contributed by atoms with van der Waals surface area (Å²) in [5, 5.41) is 19.4. The van der Waals surface area contributed by atoms with E-state index in [1.807, 2.05) is 6.07 Å². The molecule has 0 aliphatic heterocycles. The first-order valence-electron chi connectivity index (χ1n) is 5.18. The molecule has 0 heterocycles. The standard InChI is InChI=1S/C12H18O2S/c1-8(2)7-9(3)15-11-6-4-5-10(13)12(11)14/h4-6,8-9,13-14H,7H2,1-3H3/t9-/m1/s1. The molecule has 84 valence electrons. The molecule has 0 amide bonds. The predicted molar refractivity (Wildman–Crippen MR) is 64.5 cm³/mol. The van der Waals surface area contributed by atoms with Gasteiger partial charge >= 0.3 is 0 Å². The molecular formula is C12H18O2S. The van der Waals surface area contributed by atoms with E-state index in [9.17, 15) is 10.2 Å². The van der Waals surface area contributed by atoms with Crippen molar-refractivity contribution in [3.05, 3.63) is 18.2 Å². The Morgan fingerprint density at radius 3 is 2.47 bits per heavy atom. The lowest BCUT2D eigenvalue weighted by molar-refractivity contribution is 0.395. The monoisotopic (exact) mass is 226 g/mol. The minimum atomic E-state index is -0.0447. The summed E-state index contributed by atoms with van der Waals surface area (Å²) < 4.78 is 0. The molecule has 0 saturated heterocycles. The van der Waals surface area contributed by atoms with Crippen molar-refractivity contribution in [1.29, 1.82) is 0 Å². The summed E-state index contributed by atoms with van der Waals surface area (Å²) in [6, 6.07) is 5.07. The van der Waals surface area contributed by atoms with Crippen LogP contribution >= 0.6 is 11.8 Å². The van der Waals surface area contributed by atoms with Gasteiger partial charge in [-0.25, -0.2) is 0 Å². The van der Waals surface area contributed by atoms with Gasteiger partial charge in [0.25, 0.3) is 0 Å². The van der Waals surface area contributed by atoms with Gasteiger partial charge in [0, 0.05) is 5.25 Å². The summed E-state index contributed by atoms with van der Waals surface area (Å²) in [6.45, 7) is 6.49. The van der Waals surface area contributed by atoms with E-state index in [4.69, 9.17) is 0 Å². The fourth-order valence-electron chi connectivity index (χ4n) is 1.53. The number of phenolic OH excluding ortho intramolecular Hbond substituents is 2. The lowest BCUT2D eigenvalue weighted by Gasteiger charge is -2.14. The summed E-state index contributed by atoms with van der Waals surface area (Å²) in [5.74, 6) is 0.599. The Morgan fingerprint density at radius 1 is 1.20 bits per heavy atom. The highest BCUT2D eigenvalue weighted by Gasteiger charge is 2.11. The highest BCUT2D eigenvalue weighted by atomic mass is 32.2. The molecule has 0 saturated carbocycles. The second-order valence-corrected chi connectivity index (χ2v) is 5.66. The van der Waals surface area contributed by atoms with Gasteiger partial charge in [-0.3, -0.25) is 0 Å². The van der Waals surface area contributed by atoms with Crippen LogP contribution in [0.2, 0.25) is 0 Å². The normalized spacial score (nSPS) is 13.1. The van der Waals surface area contributed by atoms with Gasteiger partial charge in [0.15, 0.2) is 11.5 Å². The number of hydrogen-bond donors (Lipinski definition) is 2. The Balaban J connectivity index is 2.68. The van der Waals surface area contributed by atoms with Gasteiger partial charge in [-0.05, 0) is 24.5 Å². The largest absolute Gasteiger partial charge is 0.504 e. The van der Waals surface area contributed by atoms with E-state index >= 15 is 0 Å². The number of hydrogen-bond acceptors (Lipinski definition) is 3. The number of rotatable bonds is 4. The van der Waals surface area contributed by atoms with E-state index in [-0.39, 0.29) is 11.5 Å². The molecule has 15 heavy (non-hydrogen) atoms. The highest BCUT2D eigenvalue weighted by Crippen LogP contribution is 2.38. The first-order chi connectivity index (χ1) is 7.00. The van der Waals surface area contributed by atoms with Gasteiger partial charge in [-0.1, -0.05) is 26.8 Å². The maximum absolute atomic E-state index is 9.61. The van der Waals surface area contributed by atoms with Gasteiger partial charge in [0.1, 0.15) is 0 Å². The first kappa shape index (κ1) is 12.2. The van der Waals surface area contributed by atoms with Crippen molar-refractivity contribution in [2.45, 2.75) is 37.3 Å². The van der Waals surface area contributed by atoms with Crippen molar-refractivity contribution in [3.63, 3.8) is 0 Å². The Hall–Kier alpha value is -0.830. The minimum absolute atomic E-state index is 0.00175. The van der Waals surface area contributed by atoms with Crippen molar-refractivity contribution >= 4 is 11.8 Å². The van der Waals surface area contributed by atoms with Crippen LogP contribution in [0.1, 0.15) is 27.2 Å². The van der Waals surface area contributed by atoms with Crippen molar-refractivity contribution in [1.82, 2.24) is 0 Å². The molecule has 2 nitrogen and oxygen atoms in total. The van der Waals surface area contributed by atoms with Crippen LogP contribution in [0, 0.1) is 5.92 Å². The summed E-state index contributed by atoms with van der Waals surface area (Å²) in [4.78, 5) is 0.753. The van der Waals surface area contributed by atoms with E-state index in [1.165, 1.54) is 6.07 Å². The number of aromatic hydroxyl groups is 2. The Bertz CT molecular complexity index is 323. The molecule has 0 unspecified atom stereocenters. The van der Waals surface area contributed by atoms with Crippen molar-refractivity contribution in [3.8, 4) is 11.5 Å². The zero-order valence-corrected chi connectivity index (χ0v) is 10.2. The van der Waals surface area contributed by atoms with Crippen molar-refractivity contribution < 1.29 is 10.2 Å². The van der Waals surface area contributed by atoms with E-state index in [2.05, 4.69) is 20.8 Å². The van der Waals surface area contributed by atoms with Crippen LogP contribution < -0.4 is 0 Å². The molecule has 1 atom stereocenters. The van der Waals surface area contributed by atoms with Gasteiger partial charge < -0.3 is 10.2 Å². The van der Waals surface area contributed by atoms with Gasteiger partial charge in [-0.15, -0.1) is 11.8 Å². The molecule has 1 aromatic rings. The molecule has 0 radical (unpaired) electrons. The average Bonchev–Trinajstić information content (AvgIpc) is 2.11. The lowest BCUT2D eigenvalue weighted by atomic mass is 10.1. The average molecular weight is 226 g/mol. The summed E-state index contributed by atoms with van der Waals surface area (Å²) in [5.41, 5.74) is 0. The van der Waals surface area contributed by atoms with Crippen LogP contribution in [0.25, 0.3) is 0 Å². The van der Waals surface area contributed by atoms with E-state index < -0.39 is 0 Å². The van der Waals surface area contributed by atoms with E-state index in [0.29, 0.717) is 11.2 Å². The number of para-hydroxylation sites is 1. The SMILES string of the molecule is CC(C)C[C@@H](C)Sc1cccc(O)c1O. The smallest absolute Gasteiger partial charge is 0.171 e. The second kappa shape index (κ2) is 5.31. The zero-order valence-electron chi connectivity index (χ0n) is 9.40. The molecule has 2 N–H and O–H groups in total. The Morgan fingerprint density at radius 2 is 1.87 bits per heavy atom. The molecule has 1 rings (SSSR count). The zero-order chi connectivity index (χ0) is 11.4. The van der Waals surface area contributed by atoms with Crippen LogP contribution in [-0.4, -0.2) is 15.5 Å². The van der Waals surface area contributed by atoms with E-state index in [0.717, 1.165) is 11.3 Å². The van der Waals surface area contributed by atoms with Crippen LogP contribution in [0.4, 0.5) is 0 Å². The first-order valence-corrected chi connectivity index (χ1v) is 6.06. The molecule has 1 aromatic carbocycles. The van der Waals surface area contributed by atoms with Crippen LogP contribution in [0.5, 0.6) is 11.5 Å². The van der Waals surface area contributed by atoms with Crippen molar-refractivity contribution in [2.75, 3.05) is 0 Å². The molecule has 0 aliphatic carbocycles. The maximum atomic E-state index is 9.61. The molecule has 0 aliphatic rings. The van der Waals surface area contributed by atoms with Crippen LogP contribution in [-0.2, 0) is 0 Å². The summed E-state index contributed by atoms with van der Waals surface area (Å²) in [6.07, 6.45) is 1.10. The molecule has 3 heteroatoms. The highest BCUT2D eigenvalue weighted by molar-refractivity contribution is 8.00. The van der Waals surface area contributed by atoms with E-state index in [1.54, 1.807) is 17.8 Å². The number of thioether (sulfide) groups is 1. The lowest BCUT2D eigenvalue weighted by Crippen LogP contribution is -2.01. The molecule has 0 bridgehead atoms. The Kier molecular flexibility index (Phi) is 4.33. The maximum Gasteiger partial charge on any atom is 0.171 e. The predicted octanol–water partition coefficient (Wildman–Crippen LogP) is 3.62. The quantitative estimate of drug-likeness (QED) is 0.608. The molecular weight excluding hydrogens is 208 g/mol. The summed E-state index contributed by atoms with van der Waals surface area (Å²) in [7, 11) is 0. The van der Waals surface area contributed by atoms with Crippen LogP contribution in [0.15, 0.2) is 23.1 Å². The molecule has 0 aromatic heterocycles. The minimum Gasteiger partial charge on any atom is -0.504 e. The van der Waals surface area contributed by atoms with Crippen molar-refractivity contribution in [2.24, 2.45) is 5.92 Å². The third kappa shape index (κ3) is 3.67. The third-order valence-corrected chi connectivity index (χ3v) is 3.29. The number of benzene rings is 1. The molecule has 0 spiro atoms. The van der Waals surface area contributed by atoms with Gasteiger partial charge in [0.2, 0.25) is 0 Å². The van der Waals surface area contributed by atoms with Gasteiger partial charge in [0.05, 0.1) is 4.90 Å². The number of phenols is 2.